The Bertz CT molecular complexity index is 518. The lowest BCUT2D eigenvalue weighted by molar-refractivity contribution is -0.128. The van der Waals surface area contributed by atoms with E-state index >= 15 is 0 Å². The van der Waals surface area contributed by atoms with E-state index in [1.54, 1.807) is 11.9 Å². The quantitative estimate of drug-likeness (QED) is 0.828. The number of likely N-dealkylation sites (N-methyl/N-ethyl adjacent to an activating group) is 1. The maximum atomic E-state index is 11.3. The lowest BCUT2D eigenvalue weighted by Crippen LogP contribution is -2.34. The fourth-order valence-corrected chi connectivity index (χ4v) is 1.91. The van der Waals surface area contributed by atoms with Gasteiger partial charge in [-0.1, -0.05) is 18.2 Å². The zero-order valence-corrected chi connectivity index (χ0v) is 9.94. The molecule has 0 aliphatic carbocycles. The molecule has 90 valence electrons. The number of H-pyrrole nitrogens is 1. The summed E-state index contributed by atoms with van der Waals surface area (Å²) in [7, 11) is 1.78. The molecule has 1 aromatic carbocycles. The lowest BCUT2D eigenvalue weighted by Gasteiger charge is -2.15. The van der Waals surface area contributed by atoms with Crippen molar-refractivity contribution >= 4 is 16.8 Å². The third-order valence-electron chi connectivity index (χ3n) is 2.99. The largest absolute Gasteiger partial charge is 0.361 e. The number of nitrogens with two attached hydrogens (primary N) is 1. The van der Waals surface area contributed by atoms with Crippen LogP contribution in [0.25, 0.3) is 10.9 Å². The maximum Gasteiger partial charge on any atom is 0.236 e. The van der Waals surface area contributed by atoms with Crippen molar-refractivity contribution in [1.82, 2.24) is 9.88 Å². The number of fused-ring (bicyclic) bond motifs is 1. The molecule has 1 amide bonds. The number of aromatic nitrogens is 1. The van der Waals surface area contributed by atoms with Gasteiger partial charge in [-0.3, -0.25) is 4.79 Å². The molecule has 0 aliphatic heterocycles. The van der Waals surface area contributed by atoms with E-state index in [-0.39, 0.29) is 12.5 Å². The Balaban J connectivity index is 2.07. The summed E-state index contributed by atoms with van der Waals surface area (Å²) in [6, 6.07) is 8.17. The topological polar surface area (TPSA) is 62.1 Å². The van der Waals surface area contributed by atoms with Crippen LogP contribution in [-0.2, 0) is 11.2 Å². The number of carbonyl (C=O) groups excluding carboxylic acids is 1. The van der Waals surface area contributed by atoms with Crippen molar-refractivity contribution in [2.24, 2.45) is 5.73 Å². The highest BCUT2D eigenvalue weighted by Gasteiger charge is 2.08. The fourth-order valence-electron chi connectivity index (χ4n) is 1.91. The van der Waals surface area contributed by atoms with Crippen LogP contribution < -0.4 is 5.73 Å². The third kappa shape index (κ3) is 2.47. The number of nitrogens with one attached hydrogen (secondary N) is 1. The average Bonchev–Trinajstić information content (AvgIpc) is 2.78. The van der Waals surface area contributed by atoms with Crippen LogP contribution in [0.2, 0.25) is 0 Å². The Hall–Kier alpha value is -1.81. The van der Waals surface area contributed by atoms with Crippen LogP contribution in [0.1, 0.15) is 5.56 Å². The maximum absolute atomic E-state index is 11.3. The smallest absolute Gasteiger partial charge is 0.236 e. The van der Waals surface area contributed by atoms with E-state index in [0.29, 0.717) is 6.54 Å². The van der Waals surface area contributed by atoms with Crippen LogP contribution in [0, 0.1) is 0 Å². The number of amides is 1. The Kier molecular flexibility index (Phi) is 3.44. The molecule has 4 nitrogen and oxygen atoms in total. The molecule has 0 saturated carbocycles. The second-order valence-electron chi connectivity index (χ2n) is 4.13. The van der Waals surface area contributed by atoms with Gasteiger partial charge in [0.25, 0.3) is 0 Å². The minimum absolute atomic E-state index is 0.0233. The summed E-state index contributed by atoms with van der Waals surface area (Å²) in [6.07, 6.45) is 2.84. The highest BCUT2D eigenvalue weighted by atomic mass is 16.2. The predicted octanol–water partition coefficient (Wildman–Crippen LogP) is 1.13. The highest BCUT2D eigenvalue weighted by molar-refractivity contribution is 5.83. The molecular formula is C13H17N3O. The zero-order valence-electron chi connectivity index (χ0n) is 9.94. The summed E-state index contributed by atoms with van der Waals surface area (Å²) >= 11 is 0. The van der Waals surface area contributed by atoms with Crippen molar-refractivity contribution in [3.8, 4) is 0 Å². The van der Waals surface area contributed by atoms with Crippen LogP contribution in [0.4, 0.5) is 0 Å². The first-order valence-corrected chi connectivity index (χ1v) is 5.71. The molecule has 0 fully saturated rings. The number of para-hydroxylation sites is 1. The Morgan fingerprint density at radius 2 is 2.18 bits per heavy atom. The van der Waals surface area contributed by atoms with Gasteiger partial charge in [-0.15, -0.1) is 0 Å². The van der Waals surface area contributed by atoms with E-state index in [4.69, 9.17) is 5.73 Å². The van der Waals surface area contributed by atoms with Crippen molar-refractivity contribution in [1.29, 1.82) is 0 Å². The molecule has 2 rings (SSSR count). The Morgan fingerprint density at radius 1 is 1.41 bits per heavy atom. The summed E-state index contributed by atoms with van der Waals surface area (Å²) in [5, 5.41) is 1.22. The molecule has 0 aliphatic rings. The third-order valence-corrected chi connectivity index (χ3v) is 2.99. The standard InChI is InChI=1S/C13H17N3O/c1-16(13(17)8-14)7-6-10-9-15-12-5-3-2-4-11(10)12/h2-5,9,15H,6-8,14H2,1H3. The molecular weight excluding hydrogens is 214 g/mol. The molecule has 0 bridgehead atoms. The average molecular weight is 231 g/mol. The second-order valence-corrected chi connectivity index (χ2v) is 4.13. The summed E-state index contributed by atoms with van der Waals surface area (Å²) in [6.45, 7) is 0.766. The van der Waals surface area contributed by atoms with E-state index in [2.05, 4.69) is 11.1 Å². The number of rotatable bonds is 4. The molecule has 0 atom stereocenters. The van der Waals surface area contributed by atoms with Gasteiger partial charge < -0.3 is 15.6 Å². The fraction of sp³-hybridized carbons (Fsp3) is 0.308. The molecule has 1 aromatic heterocycles. The van der Waals surface area contributed by atoms with E-state index < -0.39 is 0 Å². The van der Waals surface area contributed by atoms with Gasteiger partial charge in [0.15, 0.2) is 0 Å². The van der Waals surface area contributed by atoms with E-state index in [1.165, 1.54) is 10.9 Å². The minimum atomic E-state index is -0.0233. The van der Waals surface area contributed by atoms with E-state index in [0.717, 1.165) is 11.9 Å². The molecule has 4 heteroatoms. The molecule has 0 saturated heterocycles. The van der Waals surface area contributed by atoms with Crippen LogP contribution in [0.5, 0.6) is 0 Å². The minimum Gasteiger partial charge on any atom is -0.361 e. The second kappa shape index (κ2) is 5.01. The molecule has 1 heterocycles. The van der Waals surface area contributed by atoms with Crippen molar-refractivity contribution in [2.75, 3.05) is 20.1 Å². The van der Waals surface area contributed by atoms with E-state index in [1.807, 2.05) is 24.4 Å². The number of hydrogen-bond donors (Lipinski definition) is 2. The molecule has 0 radical (unpaired) electrons. The molecule has 17 heavy (non-hydrogen) atoms. The monoisotopic (exact) mass is 231 g/mol. The number of carbonyl (C=O) groups is 1. The number of benzene rings is 1. The first-order valence-electron chi connectivity index (χ1n) is 5.71. The Morgan fingerprint density at radius 3 is 2.94 bits per heavy atom. The van der Waals surface area contributed by atoms with Crippen molar-refractivity contribution < 1.29 is 4.79 Å². The van der Waals surface area contributed by atoms with Crippen LogP contribution in [0.15, 0.2) is 30.5 Å². The van der Waals surface area contributed by atoms with Crippen molar-refractivity contribution in [2.45, 2.75) is 6.42 Å². The summed E-state index contributed by atoms with van der Waals surface area (Å²) in [4.78, 5) is 16.2. The van der Waals surface area contributed by atoms with Crippen molar-refractivity contribution in [3.63, 3.8) is 0 Å². The summed E-state index contributed by atoms with van der Waals surface area (Å²) in [5.41, 5.74) is 7.68. The van der Waals surface area contributed by atoms with Crippen LogP contribution in [-0.4, -0.2) is 35.9 Å². The van der Waals surface area contributed by atoms with Gasteiger partial charge in [0.1, 0.15) is 0 Å². The van der Waals surface area contributed by atoms with Gasteiger partial charge in [-0.2, -0.15) is 0 Å². The zero-order chi connectivity index (χ0) is 12.3. The molecule has 3 N–H and O–H groups in total. The molecule has 0 unspecified atom stereocenters. The van der Waals surface area contributed by atoms with Crippen LogP contribution >= 0.6 is 0 Å². The van der Waals surface area contributed by atoms with Crippen LogP contribution in [0.3, 0.4) is 0 Å². The summed E-state index contributed by atoms with van der Waals surface area (Å²) in [5.74, 6) is -0.0233. The van der Waals surface area contributed by atoms with Gasteiger partial charge in [-0.05, 0) is 18.1 Å². The number of aromatic amines is 1. The normalized spacial score (nSPS) is 10.7. The number of hydrogen-bond acceptors (Lipinski definition) is 2. The van der Waals surface area contributed by atoms with Gasteiger partial charge in [-0.25, -0.2) is 0 Å². The predicted molar refractivity (Wildman–Crippen MR) is 68.7 cm³/mol. The SMILES string of the molecule is CN(CCc1c[nH]c2ccccc12)C(=O)CN. The summed E-state index contributed by atoms with van der Waals surface area (Å²) < 4.78 is 0. The molecule has 2 aromatic rings. The first kappa shape index (κ1) is 11.7. The van der Waals surface area contributed by atoms with Crippen molar-refractivity contribution in [3.05, 3.63) is 36.0 Å². The van der Waals surface area contributed by atoms with Gasteiger partial charge in [0, 0.05) is 30.7 Å². The van der Waals surface area contributed by atoms with Gasteiger partial charge in [0.2, 0.25) is 5.91 Å². The molecule has 0 spiro atoms. The highest BCUT2D eigenvalue weighted by Crippen LogP contribution is 2.18. The van der Waals surface area contributed by atoms with Gasteiger partial charge in [0.05, 0.1) is 6.54 Å². The van der Waals surface area contributed by atoms with Gasteiger partial charge >= 0.3 is 0 Å². The number of nitrogens with zero attached hydrogens (tertiary/aromatic N) is 1. The van der Waals surface area contributed by atoms with E-state index in [9.17, 15) is 4.79 Å². The Labute approximate surface area is 100 Å². The lowest BCUT2D eigenvalue weighted by atomic mass is 10.1. The first-order chi connectivity index (χ1) is 8.22.